The molecule has 7 heteroatoms. The minimum atomic E-state index is -0.489. The van der Waals surface area contributed by atoms with Crippen LogP contribution in [0, 0.1) is 17.0 Å². The SMILES string of the molecule is Cc1ccc(C(=O)NCc2ccc(-c3nc4ccccc4o3)cc2)cc1[N+](=O)[O-]. The third-order valence-electron chi connectivity index (χ3n) is 4.62. The molecule has 4 rings (SSSR count). The van der Waals surface area contributed by atoms with Crippen LogP contribution < -0.4 is 5.32 Å². The van der Waals surface area contributed by atoms with Crippen LogP contribution in [0.1, 0.15) is 21.5 Å². The van der Waals surface area contributed by atoms with Gasteiger partial charge in [-0.1, -0.05) is 30.3 Å². The fourth-order valence-corrected chi connectivity index (χ4v) is 2.99. The molecule has 4 aromatic rings. The zero-order valence-electron chi connectivity index (χ0n) is 15.6. The Hall–Kier alpha value is -4.00. The molecule has 0 unspecified atom stereocenters. The molecule has 144 valence electrons. The number of nitro benzene ring substituents is 1. The Morgan fingerprint density at radius 2 is 1.86 bits per heavy atom. The summed E-state index contributed by atoms with van der Waals surface area (Å²) in [5.74, 6) is 0.171. The minimum absolute atomic E-state index is 0.0691. The highest BCUT2D eigenvalue weighted by atomic mass is 16.6. The molecule has 29 heavy (non-hydrogen) atoms. The molecule has 1 heterocycles. The van der Waals surface area contributed by atoms with Crippen molar-refractivity contribution in [2.75, 3.05) is 0 Å². The van der Waals surface area contributed by atoms with Crippen molar-refractivity contribution in [2.45, 2.75) is 13.5 Å². The summed E-state index contributed by atoms with van der Waals surface area (Å²) in [7, 11) is 0. The second-order valence-electron chi connectivity index (χ2n) is 6.62. The first-order valence-electron chi connectivity index (χ1n) is 8.99. The summed E-state index contributed by atoms with van der Waals surface area (Å²) in [5, 5.41) is 13.8. The Bertz CT molecular complexity index is 1180. The summed E-state index contributed by atoms with van der Waals surface area (Å²) in [6.45, 7) is 1.94. The number of oxazole rings is 1. The third-order valence-corrected chi connectivity index (χ3v) is 4.62. The summed E-state index contributed by atoms with van der Waals surface area (Å²) >= 11 is 0. The number of carbonyl (C=O) groups excluding carboxylic acids is 1. The molecule has 3 aromatic carbocycles. The first-order valence-corrected chi connectivity index (χ1v) is 8.99. The first-order chi connectivity index (χ1) is 14.0. The molecule has 0 saturated carbocycles. The predicted octanol–water partition coefficient (Wildman–Crippen LogP) is 4.64. The maximum absolute atomic E-state index is 12.3. The quantitative estimate of drug-likeness (QED) is 0.397. The zero-order valence-corrected chi connectivity index (χ0v) is 15.6. The monoisotopic (exact) mass is 387 g/mol. The fraction of sp³-hybridized carbons (Fsp3) is 0.0909. The van der Waals surface area contributed by atoms with Gasteiger partial charge in [0.15, 0.2) is 5.58 Å². The molecule has 0 atom stereocenters. The van der Waals surface area contributed by atoms with Crippen LogP contribution in [0.15, 0.2) is 71.1 Å². The molecule has 0 aliphatic carbocycles. The lowest BCUT2D eigenvalue weighted by Crippen LogP contribution is -2.22. The molecule has 0 saturated heterocycles. The van der Waals surface area contributed by atoms with Crippen molar-refractivity contribution in [1.82, 2.24) is 10.3 Å². The van der Waals surface area contributed by atoms with Gasteiger partial charge in [-0.05, 0) is 42.8 Å². The highest BCUT2D eigenvalue weighted by molar-refractivity contribution is 5.95. The van der Waals surface area contributed by atoms with Crippen LogP contribution in [0.25, 0.3) is 22.6 Å². The number of aromatic nitrogens is 1. The summed E-state index contributed by atoms with van der Waals surface area (Å²) < 4.78 is 5.75. The largest absolute Gasteiger partial charge is 0.436 e. The van der Waals surface area contributed by atoms with E-state index in [4.69, 9.17) is 4.42 Å². The summed E-state index contributed by atoms with van der Waals surface area (Å²) in [6.07, 6.45) is 0. The van der Waals surface area contributed by atoms with Gasteiger partial charge in [0.25, 0.3) is 11.6 Å². The highest BCUT2D eigenvalue weighted by Gasteiger charge is 2.15. The maximum Gasteiger partial charge on any atom is 0.273 e. The van der Waals surface area contributed by atoms with Gasteiger partial charge in [-0.15, -0.1) is 0 Å². The number of hydrogen-bond donors (Lipinski definition) is 1. The molecule has 0 spiro atoms. The van der Waals surface area contributed by atoms with Gasteiger partial charge in [-0.2, -0.15) is 0 Å². The van der Waals surface area contributed by atoms with Crippen molar-refractivity contribution in [1.29, 1.82) is 0 Å². The molecule has 0 fully saturated rings. The number of hydrogen-bond acceptors (Lipinski definition) is 5. The van der Waals surface area contributed by atoms with Gasteiger partial charge in [-0.25, -0.2) is 4.98 Å². The molecule has 0 aliphatic heterocycles. The van der Waals surface area contributed by atoms with Gasteiger partial charge in [0, 0.05) is 29.3 Å². The molecule has 7 nitrogen and oxygen atoms in total. The van der Waals surface area contributed by atoms with E-state index in [1.165, 1.54) is 6.07 Å². The second-order valence-corrected chi connectivity index (χ2v) is 6.62. The number of amides is 1. The third kappa shape index (κ3) is 3.84. The van der Waals surface area contributed by atoms with E-state index in [2.05, 4.69) is 10.3 Å². The van der Waals surface area contributed by atoms with E-state index in [0.717, 1.165) is 22.2 Å². The normalized spacial score (nSPS) is 10.8. The average Bonchev–Trinajstić information content (AvgIpc) is 3.17. The van der Waals surface area contributed by atoms with E-state index in [9.17, 15) is 14.9 Å². The molecule has 0 bridgehead atoms. The Kier molecular flexibility index (Phi) is 4.78. The minimum Gasteiger partial charge on any atom is -0.436 e. The highest BCUT2D eigenvalue weighted by Crippen LogP contribution is 2.24. The lowest BCUT2D eigenvalue weighted by molar-refractivity contribution is -0.385. The van der Waals surface area contributed by atoms with Gasteiger partial charge >= 0.3 is 0 Å². The first kappa shape index (κ1) is 18.4. The van der Waals surface area contributed by atoms with Crippen LogP contribution in [0.4, 0.5) is 5.69 Å². The number of rotatable bonds is 5. The van der Waals surface area contributed by atoms with E-state index in [1.807, 2.05) is 48.5 Å². The number of carbonyl (C=O) groups is 1. The van der Waals surface area contributed by atoms with Crippen LogP contribution in [0.3, 0.4) is 0 Å². The van der Waals surface area contributed by atoms with Crippen LogP contribution in [-0.2, 0) is 6.54 Å². The van der Waals surface area contributed by atoms with Crippen molar-refractivity contribution < 1.29 is 14.1 Å². The maximum atomic E-state index is 12.3. The molecule has 0 radical (unpaired) electrons. The zero-order chi connectivity index (χ0) is 20.4. The van der Waals surface area contributed by atoms with Crippen molar-refractivity contribution >= 4 is 22.7 Å². The van der Waals surface area contributed by atoms with Crippen LogP contribution in [-0.4, -0.2) is 15.8 Å². The summed E-state index contributed by atoms with van der Waals surface area (Å²) in [6, 6.07) is 19.5. The van der Waals surface area contributed by atoms with Crippen molar-refractivity contribution in [3.63, 3.8) is 0 Å². The van der Waals surface area contributed by atoms with E-state index in [-0.39, 0.29) is 17.2 Å². The molecule has 1 amide bonds. The molecule has 1 aromatic heterocycles. The topological polar surface area (TPSA) is 98.3 Å². The van der Waals surface area contributed by atoms with Gasteiger partial charge < -0.3 is 9.73 Å². The molecule has 1 N–H and O–H groups in total. The van der Waals surface area contributed by atoms with E-state index in [0.29, 0.717) is 18.0 Å². The number of para-hydroxylation sites is 2. The van der Waals surface area contributed by atoms with E-state index < -0.39 is 4.92 Å². The number of benzene rings is 3. The summed E-state index contributed by atoms with van der Waals surface area (Å²) in [5.41, 5.74) is 3.95. The number of nitrogens with zero attached hydrogens (tertiary/aromatic N) is 2. The van der Waals surface area contributed by atoms with Crippen LogP contribution in [0.2, 0.25) is 0 Å². The Labute approximate surface area is 166 Å². The fourth-order valence-electron chi connectivity index (χ4n) is 2.99. The van der Waals surface area contributed by atoms with E-state index in [1.54, 1.807) is 19.1 Å². The van der Waals surface area contributed by atoms with Crippen LogP contribution in [0.5, 0.6) is 0 Å². The van der Waals surface area contributed by atoms with Gasteiger partial charge in [0.05, 0.1) is 4.92 Å². The number of nitro groups is 1. The lowest BCUT2D eigenvalue weighted by atomic mass is 10.1. The second kappa shape index (κ2) is 7.55. The number of fused-ring (bicyclic) bond motifs is 1. The van der Waals surface area contributed by atoms with E-state index >= 15 is 0 Å². The Morgan fingerprint density at radius 1 is 1.10 bits per heavy atom. The van der Waals surface area contributed by atoms with Crippen molar-refractivity contribution in [2.24, 2.45) is 0 Å². The number of nitrogens with one attached hydrogen (secondary N) is 1. The molecular formula is C22H17N3O4. The Morgan fingerprint density at radius 3 is 2.59 bits per heavy atom. The van der Waals surface area contributed by atoms with Crippen molar-refractivity contribution in [3.05, 3.63) is 93.5 Å². The number of aryl methyl sites for hydroxylation is 1. The average molecular weight is 387 g/mol. The van der Waals surface area contributed by atoms with Crippen molar-refractivity contribution in [3.8, 4) is 11.5 Å². The van der Waals surface area contributed by atoms with Gasteiger partial charge in [-0.3, -0.25) is 14.9 Å². The van der Waals surface area contributed by atoms with Gasteiger partial charge in [0.1, 0.15) is 5.52 Å². The lowest BCUT2D eigenvalue weighted by Gasteiger charge is -2.07. The smallest absolute Gasteiger partial charge is 0.273 e. The predicted molar refractivity (Wildman–Crippen MR) is 108 cm³/mol. The molecular weight excluding hydrogens is 370 g/mol. The van der Waals surface area contributed by atoms with Crippen LogP contribution >= 0.6 is 0 Å². The Balaban J connectivity index is 1.44. The van der Waals surface area contributed by atoms with Gasteiger partial charge in [0.2, 0.25) is 5.89 Å². The summed E-state index contributed by atoms with van der Waals surface area (Å²) in [4.78, 5) is 27.4. The molecule has 0 aliphatic rings. The standard InChI is InChI=1S/C22H17N3O4/c1-14-6-9-17(12-19(14)25(27)28)21(26)23-13-15-7-10-16(11-8-15)22-24-18-4-2-3-5-20(18)29-22/h2-12H,13H2,1H3,(H,23,26).